The molecule has 0 aromatic heterocycles. The number of carbonyl (C=O) groups is 1. The van der Waals surface area contributed by atoms with Gasteiger partial charge in [-0.25, -0.2) is 5.48 Å². The first-order valence-corrected chi connectivity index (χ1v) is 5.79. The first-order chi connectivity index (χ1) is 7.98. The topological polar surface area (TPSA) is 91.2 Å². The van der Waals surface area contributed by atoms with Gasteiger partial charge in [-0.05, 0) is 12.8 Å². The van der Waals surface area contributed by atoms with Crippen molar-refractivity contribution >= 4 is 11.6 Å². The molecule has 3 aliphatic rings. The summed E-state index contributed by atoms with van der Waals surface area (Å²) in [6.45, 7) is 4.50. The Bertz CT molecular complexity index is 437. The molecule has 2 aliphatic carbocycles. The molecule has 0 unspecified atom stereocenters. The number of carbonyl (C=O) groups excluding carboxylic acids is 1. The van der Waals surface area contributed by atoms with Crippen molar-refractivity contribution in [3.05, 3.63) is 0 Å². The Labute approximate surface area is 98.6 Å². The van der Waals surface area contributed by atoms with Crippen LogP contribution in [0.15, 0.2) is 5.16 Å². The molecule has 0 aromatic carbocycles. The highest BCUT2D eigenvalue weighted by atomic mass is 16.5. The molecule has 0 aromatic rings. The summed E-state index contributed by atoms with van der Waals surface area (Å²) in [7, 11) is 0. The van der Waals surface area contributed by atoms with E-state index in [9.17, 15) is 10.0 Å². The van der Waals surface area contributed by atoms with Gasteiger partial charge < -0.3 is 9.94 Å². The molecule has 94 valence electrons. The molecule has 3 N–H and O–H groups in total. The number of ether oxygens (including phenoxy) is 1. The van der Waals surface area contributed by atoms with Crippen molar-refractivity contribution in [2.75, 3.05) is 6.61 Å². The number of oxime groups is 1. The van der Waals surface area contributed by atoms with Crippen LogP contribution in [-0.2, 0) is 9.53 Å². The standard InChI is InChI=1S/C11H16N2O4/c1-9-5-17-11(8(14)13-16)7(12-15)6(9)3-4-10(9,11)2/h6,15-16H,3-5H2,1-2H3,(H,13,14)/b12-7+/t6-,9+,10-,11+/m0/s1. The maximum absolute atomic E-state index is 12.0. The SMILES string of the molecule is C[C@@]12CC[C@H]3/C(=N\O)[C@]1(C(=O)NO)OC[C@]32C. The summed E-state index contributed by atoms with van der Waals surface area (Å²) in [4.78, 5) is 12.0. The predicted octanol–water partition coefficient (Wildman–Crippen LogP) is 0.527. The fourth-order valence-corrected chi connectivity index (χ4v) is 4.37. The summed E-state index contributed by atoms with van der Waals surface area (Å²) in [5.41, 5.74) is 0.120. The van der Waals surface area contributed by atoms with Crippen molar-refractivity contribution in [3.63, 3.8) is 0 Å². The van der Waals surface area contributed by atoms with E-state index in [1.54, 1.807) is 5.48 Å². The first-order valence-electron chi connectivity index (χ1n) is 5.79. The van der Waals surface area contributed by atoms with Crippen LogP contribution in [0, 0.1) is 16.7 Å². The summed E-state index contributed by atoms with van der Waals surface area (Å²) < 4.78 is 5.67. The second-order valence-corrected chi connectivity index (χ2v) is 5.74. The van der Waals surface area contributed by atoms with Gasteiger partial charge in [-0.15, -0.1) is 0 Å². The second kappa shape index (κ2) is 2.81. The summed E-state index contributed by atoms with van der Waals surface area (Å²) in [5, 5.41) is 21.4. The van der Waals surface area contributed by atoms with Gasteiger partial charge in [0.05, 0.1) is 6.61 Å². The summed E-state index contributed by atoms with van der Waals surface area (Å²) >= 11 is 0. The third-order valence-corrected chi connectivity index (χ3v) is 5.55. The highest BCUT2D eigenvalue weighted by Gasteiger charge is 2.82. The van der Waals surface area contributed by atoms with Gasteiger partial charge in [0.1, 0.15) is 5.71 Å². The summed E-state index contributed by atoms with van der Waals surface area (Å²) in [6, 6.07) is 0. The van der Waals surface area contributed by atoms with Crippen LogP contribution in [-0.4, -0.2) is 34.2 Å². The average Bonchev–Trinajstić information content (AvgIpc) is 2.78. The number of hydrogen-bond donors (Lipinski definition) is 3. The minimum Gasteiger partial charge on any atom is -0.411 e. The van der Waals surface area contributed by atoms with E-state index in [0.717, 1.165) is 12.8 Å². The lowest BCUT2D eigenvalue weighted by Gasteiger charge is -2.39. The van der Waals surface area contributed by atoms with Crippen LogP contribution in [0.4, 0.5) is 0 Å². The molecule has 3 rings (SSSR count). The molecular formula is C11H16N2O4. The van der Waals surface area contributed by atoms with Crippen molar-refractivity contribution in [1.29, 1.82) is 0 Å². The van der Waals surface area contributed by atoms with Crippen molar-refractivity contribution < 1.29 is 19.9 Å². The van der Waals surface area contributed by atoms with E-state index in [1.165, 1.54) is 0 Å². The van der Waals surface area contributed by atoms with Gasteiger partial charge in [0, 0.05) is 16.7 Å². The molecule has 1 aliphatic heterocycles. The van der Waals surface area contributed by atoms with Crippen LogP contribution in [0.25, 0.3) is 0 Å². The largest absolute Gasteiger partial charge is 0.411 e. The maximum Gasteiger partial charge on any atom is 0.282 e. The molecular weight excluding hydrogens is 224 g/mol. The van der Waals surface area contributed by atoms with E-state index in [-0.39, 0.29) is 11.3 Å². The second-order valence-electron chi connectivity index (χ2n) is 5.74. The summed E-state index contributed by atoms with van der Waals surface area (Å²) in [6.07, 6.45) is 1.73. The number of amides is 1. The van der Waals surface area contributed by atoms with E-state index in [2.05, 4.69) is 12.1 Å². The Kier molecular flexibility index (Phi) is 1.82. The molecule has 17 heavy (non-hydrogen) atoms. The molecule has 3 fully saturated rings. The van der Waals surface area contributed by atoms with Crippen LogP contribution >= 0.6 is 0 Å². The third kappa shape index (κ3) is 0.788. The highest BCUT2D eigenvalue weighted by molar-refractivity contribution is 6.17. The van der Waals surface area contributed by atoms with Crippen molar-refractivity contribution in [2.45, 2.75) is 32.3 Å². The van der Waals surface area contributed by atoms with Gasteiger partial charge in [0.15, 0.2) is 5.60 Å². The maximum atomic E-state index is 12.0. The van der Waals surface area contributed by atoms with Gasteiger partial charge in [-0.1, -0.05) is 19.0 Å². The molecule has 1 amide bonds. The smallest absolute Gasteiger partial charge is 0.282 e. The highest BCUT2D eigenvalue weighted by Crippen LogP contribution is 2.73. The number of rotatable bonds is 1. The van der Waals surface area contributed by atoms with E-state index >= 15 is 0 Å². The molecule has 6 heteroatoms. The lowest BCUT2D eigenvalue weighted by molar-refractivity contribution is -0.150. The Morgan fingerprint density at radius 3 is 2.88 bits per heavy atom. The molecule has 1 saturated heterocycles. The quantitative estimate of drug-likeness (QED) is 0.354. The normalized spacial score (nSPS) is 53.4. The number of nitrogens with zero attached hydrogens (tertiary/aromatic N) is 1. The minimum absolute atomic E-state index is 0.0588. The third-order valence-electron chi connectivity index (χ3n) is 5.55. The molecule has 0 spiro atoms. The van der Waals surface area contributed by atoms with Crippen LogP contribution in [0.1, 0.15) is 26.7 Å². The molecule has 4 bridgehead atoms. The van der Waals surface area contributed by atoms with Crippen LogP contribution in [0.2, 0.25) is 0 Å². The van der Waals surface area contributed by atoms with Crippen LogP contribution in [0.5, 0.6) is 0 Å². The van der Waals surface area contributed by atoms with Crippen molar-refractivity contribution in [3.8, 4) is 0 Å². The molecule has 0 radical (unpaired) electrons. The molecule has 6 nitrogen and oxygen atoms in total. The first kappa shape index (κ1) is 11.0. The number of hydrogen-bond acceptors (Lipinski definition) is 5. The lowest BCUT2D eigenvalue weighted by Crippen LogP contribution is -2.60. The van der Waals surface area contributed by atoms with E-state index in [1.807, 2.05) is 6.92 Å². The van der Waals surface area contributed by atoms with Gasteiger partial charge in [-0.3, -0.25) is 10.0 Å². The van der Waals surface area contributed by atoms with Crippen molar-refractivity contribution in [1.82, 2.24) is 5.48 Å². The van der Waals surface area contributed by atoms with Gasteiger partial charge >= 0.3 is 0 Å². The van der Waals surface area contributed by atoms with E-state index in [4.69, 9.17) is 9.94 Å². The fraction of sp³-hybridized carbons (Fsp3) is 0.818. The zero-order valence-electron chi connectivity index (χ0n) is 9.86. The van der Waals surface area contributed by atoms with Gasteiger partial charge in [-0.2, -0.15) is 0 Å². The average molecular weight is 240 g/mol. The minimum atomic E-state index is -1.30. The van der Waals surface area contributed by atoms with Gasteiger partial charge in [0.25, 0.3) is 5.91 Å². The lowest BCUT2D eigenvalue weighted by atomic mass is 9.66. The van der Waals surface area contributed by atoms with Crippen molar-refractivity contribution in [2.24, 2.45) is 21.9 Å². The number of hydroxylamine groups is 1. The summed E-state index contributed by atoms with van der Waals surface area (Å²) in [5.74, 6) is -0.567. The van der Waals surface area contributed by atoms with E-state index in [0.29, 0.717) is 12.3 Å². The Balaban J connectivity index is 2.25. The molecule has 1 heterocycles. The zero-order valence-corrected chi connectivity index (χ0v) is 9.86. The Hall–Kier alpha value is -1.14. The number of nitrogens with one attached hydrogen (secondary N) is 1. The fourth-order valence-electron chi connectivity index (χ4n) is 4.37. The predicted molar refractivity (Wildman–Crippen MR) is 56.8 cm³/mol. The van der Waals surface area contributed by atoms with Crippen LogP contribution < -0.4 is 5.48 Å². The molecule has 4 atom stereocenters. The zero-order chi connectivity index (χ0) is 12.5. The molecule has 2 saturated carbocycles. The Morgan fingerprint density at radius 1 is 1.59 bits per heavy atom. The van der Waals surface area contributed by atoms with Crippen LogP contribution in [0.3, 0.4) is 0 Å². The van der Waals surface area contributed by atoms with Gasteiger partial charge in [0.2, 0.25) is 0 Å². The Morgan fingerprint density at radius 2 is 2.29 bits per heavy atom. The van der Waals surface area contributed by atoms with E-state index < -0.39 is 16.9 Å². The monoisotopic (exact) mass is 240 g/mol.